The van der Waals surface area contributed by atoms with Crippen LogP contribution in [-0.2, 0) is 0 Å². The van der Waals surface area contributed by atoms with Gasteiger partial charge >= 0.3 is 0 Å². The predicted molar refractivity (Wildman–Crippen MR) is 82.4 cm³/mol. The van der Waals surface area contributed by atoms with Crippen LogP contribution in [0.2, 0.25) is 0 Å². The average molecular weight is 281 g/mol. The van der Waals surface area contributed by atoms with Gasteiger partial charge in [0.2, 0.25) is 0 Å². The Bertz CT molecular complexity index is 766. The van der Waals surface area contributed by atoms with E-state index in [1.807, 2.05) is 47.1 Å². The van der Waals surface area contributed by atoms with Gasteiger partial charge in [0.1, 0.15) is 11.8 Å². The summed E-state index contributed by atoms with van der Waals surface area (Å²) in [6.07, 6.45) is 3.93. The number of fused-ring (bicyclic) bond motifs is 1. The summed E-state index contributed by atoms with van der Waals surface area (Å²) in [4.78, 5) is 6.76. The lowest BCUT2D eigenvalue weighted by Crippen LogP contribution is -2.19. The smallest absolute Gasteiger partial charge is 0.139 e. The molecule has 0 aliphatic carbocycles. The molecule has 3 aromatic rings. The van der Waals surface area contributed by atoms with Gasteiger partial charge in [0.05, 0.1) is 5.69 Å². The molecule has 1 aromatic carbocycles. The summed E-state index contributed by atoms with van der Waals surface area (Å²) < 4.78 is 15.3. The quantitative estimate of drug-likeness (QED) is 0.716. The lowest BCUT2D eigenvalue weighted by molar-refractivity contribution is 0.364. The van der Waals surface area contributed by atoms with Crippen molar-refractivity contribution in [1.82, 2.24) is 9.38 Å². The zero-order valence-electron chi connectivity index (χ0n) is 11.6. The number of hydrogen-bond donors (Lipinski definition) is 0. The van der Waals surface area contributed by atoms with E-state index in [0.29, 0.717) is 13.0 Å². The van der Waals surface area contributed by atoms with Crippen molar-refractivity contribution in [3.63, 3.8) is 0 Å². The van der Waals surface area contributed by atoms with Gasteiger partial charge in [-0.2, -0.15) is 0 Å². The summed E-state index contributed by atoms with van der Waals surface area (Å²) in [6.45, 7) is 1.27. The second kappa shape index (κ2) is 4.88. The highest BCUT2D eigenvalue weighted by Gasteiger charge is 2.22. The van der Waals surface area contributed by atoms with E-state index < -0.39 is 6.17 Å². The van der Waals surface area contributed by atoms with Gasteiger partial charge in [-0.05, 0) is 12.5 Å². The molecule has 3 nitrogen and oxygen atoms in total. The third-order valence-electron chi connectivity index (χ3n) is 4.01. The van der Waals surface area contributed by atoms with E-state index >= 15 is 0 Å². The Labute approximate surface area is 122 Å². The van der Waals surface area contributed by atoms with Gasteiger partial charge in [0, 0.05) is 42.8 Å². The number of aromatic nitrogens is 2. The number of pyridine rings is 1. The number of rotatable bonds is 2. The van der Waals surface area contributed by atoms with E-state index in [1.165, 1.54) is 0 Å². The number of imidazole rings is 1. The largest absolute Gasteiger partial charge is 0.368 e. The highest BCUT2D eigenvalue weighted by Crippen LogP contribution is 2.25. The fourth-order valence-electron chi connectivity index (χ4n) is 2.87. The molecule has 0 amide bonds. The van der Waals surface area contributed by atoms with Crippen LogP contribution in [-0.4, -0.2) is 28.6 Å². The van der Waals surface area contributed by atoms with E-state index in [1.54, 1.807) is 0 Å². The molecule has 0 N–H and O–H groups in total. The van der Waals surface area contributed by atoms with Crippen molar-refractivity contribution < 1.29 is 4.39 Å². The maximum atomic E-state index is 13.3. The number of anilines is 1. The van der Waals surface area contributed by atoms with Crippen LogP contribution in [0.5, 0.6) is 0 Å². The predicted octanol–water partition coefficient (Wildman–Crippen LogP) is 3.55. The van der Waals surface area contributed by atoms with Crippen molar-refractivity contribution in [2.24, 2.45) is 0 Å². The van der Waals surface area contributed by atoms with E-state index in [9.17, 15) is 4.39 Å². The van der Waals surface area contributed by atoms with Gasteiger partial charge < -0.3 is 9.30 Å². The van der Waals surface area contributed by atoms with Crippen LogP contribution in [0.15, 0.2) is 54.9 Å². The number of alkyl halides is 1. The Balaban J connectivity index is 1.72. The number of nitrogens with zero attached hydrogens (tertiary/aromatic N) is 3. The van der Waals surface area contributed by atoms with Gasteiger partial charge in [-0.1, -0.05) is 30.3 Å². The van der Waals surface area contributed by atoms with Crippen LogP contribution in [0.3, 0.4) is 0 Å². The Morgan fingerprint density at radius 3 is 2.76 bits per heavy atom. The van der Waals surface area contributed by atoms with Gasteiger partial charge in [-0.3, -0.25) is 0 Å². The van der Waals surface area contributed by atoms with Crippen LogP contribution < -0.4 is 4.90 Å². The monoisotopic (exact) mass is 281 g/mol. The molecular weight excluding hydrogens is 265 g/mol. The first kappa shape index (κ1) is 12.4. The van der Waals surface area contributed by atoms with Crippen molar-refractivity contribution in [3.05, 3.63) is 54.9 Å². The van der Waals surface area contributed by atoms with Crippen molar-refractivity contribution in [2.45, 2.75) is 12.6 Å². The molecule has 0 bridgehead atoms. The highest BCUT2D eigenvalue weighted by molar-refractivity contribution is 5.65. The number of benzene rings is 1. The van der Waals surface area contributed by atoms with Crippen LogP contribution in [0, 0.1) is 0 Å². The molecule has 21 heavy (non-hydrogen) atoms. The number of hydrogen-bond acceptors (Lipinski definition) is 2. The van der Waals surface area contributed by atoms with E-state index in [0.717, 1.165) is 29.1 Å². The minimum atomic E-state index is -0.708. The summed E-state index contributed by atoms with van der Waals surface area (Å²) >= 11 is 0. The molecule has 0 unspecified atom stereocenters. The first-order chi connectivity index (χ1) is 10.3. The second-order valence-electron chi connectivity index (χ2n) is 5.47. The van der Waals surface area contributed by atoms with Gasteiger partial charge in [-0.15, -0.1) is 0 Å². The van der Waals surface area contributed by atoms with Crippen LogP contribution in [0.1, 0.15) is 6.42 Å². The molecule has 1 aliphatic rings. The lowest BCUT2D eigenvalue weighted by atomic mass is 10.2. The van der Waals surface area contributed by atoms with Gasteiger partial charge in [-0.25, -0.2) is 9.37 Å². The van der Waals surface area contributed by atoms with Crippen LogP contribution in [0.4, 0.5) is 10.1 Å². The molecule has 0 radical (unpaired) electrons. The molecule has 1 fully saturated rings. The summed E-state index contributed by atoms with van der Waals surface area (Å²) in [7, 11) is 0. The Morgan fingerprint density at radius 1 is 1.14 bits per heavy atom. The van der Waals surface area contributed by atoms with Crippen molar-refractivity contribution in [2.75, 3.05) is 18.0 Å². The fraction of sp³-hybridized carbons (Fsp3) is 0.235. The Hall–Kier alpha value is -2.36. The molecule has 2 aromatic heterocycles. The highest BCUT2D eigenvalue weighted by atomic mass is 19.1. The minimum Gasteiger partial charge on any atom is -0.368 e. The standard InChI is InChI=1S/C17H16FN3/c18-14-6-8-20(11-14)15-7-9-21-12-16(19-17(21)10-15)13-4-2-1-3-5-13/h1-5,7,9-10,12,14H,6,8,11H2/t14-/m0/s1. The molecule has 106 valence electrons. The first-order valence-electron chi connectivity index (χ1n) is 7.23. The normalized spacial score (nSPS) is 18.5. The minimum absolute atomic E-state index is 0.489. The van der Waals surface area contributed by atoms with Crippen LogP contribution in [0.25, 0.3) is 16.9 Å². The van der Waals surface area contributed by atoms with E-state index in [-0.39, 0.29) is 0 Å². The Morgan fingerprint density at radius 2 is 2.00 bits per heavy atom. The van der Waals surface area contributed by atoms with Gasteiger partial charge in [0.15, 0.2) is 0 Å². The van der Waals surface area contributed by atoms with E-state index in [2.05, 4.69) is 22.0 Å². The van der Waals surface area contributed by atoms with Crippen molar-refractivity contribution in [3.8, 4) is 11.3 Å². The first-order valence-corrected chi connectivity index (χ1v) is 7.23. The SMILES string of the molecule is F[C@H]1CCN(c2ccn3cc(-c4ccccc4)nc3c2)C1. The fourth-order valence-corrected chi connectivity index (χ4v) is 2.87. The molecule has 3 heterocycles. The molecule has 1 atom stereocenters. The molecule has 0 spiro atoms. The molecule has 4 heteroatoms. The Kier molecular flexibility index (Phi) is 2.88. The topological polar surface area (TPSA) is 20.5 Å². The number of halogens is 1. The molecule has 4 rings (SSSR count). The van der Waals surface area contributed by atoms with Crippen molar-refractivity contribution in [1.29, 1.82) is 0 Å². The third kappa shape index (κ3) is 2.27. The molecular formula is C17H16FN3. The maximum Gasteiger partial charge on any atom is 0.139 e. The molecule has 1 aliphatic heterocycles. The summed E-state index contributed by atoms with van der Waals surface area (Å²) in [5.41, 5.74) is 4.01. The second-order valence-corrected chi connectivity index (χ2v) is 5.47. The lowest BCUT2D eigenvalue weighted by Gasteiger charge is -2.17. The summed E-state index contributed by atoms with van der Waals surface area (Å²) in [5, 5.41) is 0. The van der Waals surface area contributed by atoms with Crippen LogP contribution >= 0.6 is 0 Å². The summed E-state index contributed by atoms with van der Waals surface area (Å²) in [6, 6.07) is 14.2. The molecule has 0 saturated carbocycles. The average Bonchev–Trinajstić information content (AvgIpc) is 3.13. The zero-order chi connectivity index (χ0) is 14.2. The zero-order valence-corrected chi connectivity index (χ0v) is 11.6. The van der Waals surface area contributed by atoms with E-state index in [4.69, 9.17) is 0 Å². The maximum absolute atomic E-state index is 13.3. The third-order valence-corrected chi connectivity index (χ3v) is 4.01. The van der Waals surface area contributed by atoms with Gasteiger partial charge in [0.25, 0.3) is 0 Å². The molecule has 1 saturated heterocycles. The summed E-state index contributed by atoms with van der Waals surface area (Å²) in [5.74, 6) is 0. The van der Waals surface area contributed by atoms with Crippen molar-refractivity contribution >= 4 is 11.3 Å².